The summed E-state index contributed by atoms with van der Waals surface area (Å²) in [4.78, 5) is 11.8. The number of carbonyl (C=O) groups is 1. The van der Waals surface area contributed by atoms with Crippen LogP contribution in [0.2, 0.25) is 0 Å². The van der Waals surface area contributed by atoms with E-state index in [1.54, 1.807) is 0 Å². The Hall–Kier alpha value is -2.42. The van der Waals surface area contributed by atoms with Gasteiger partial charge in [0.15, 0.2) is 0 Å². The zero-order valence-corrected chi connectivity index (χ0v) is 14.6. The second-order valence-electron chi connectivity index (χ2n) is 5.26. The quantitative estimate of drug-likeness (QED) is 0.784. The molecular formula is C17H20N2O5S. The Morgan fingerprint density at radius 3 is 2.36 bits per heavy atom. The van der Waals surface area contributed by atoms with Crippen molar-refractivity contribution >= 4 is 21.8 Å². The van der Waals surface area contributed by atoms with Gasteiger partial charge in [0.1, 0.15) is 6.61 Å². The van der Waals surface area contributed by atoms with Gasteiger partial charge in [-0.05, 0) is 29.8 Å². The van der Waals surface area contributed by atoms with E-state index in [1.807, 2.05) is 30.3 Å². The summed E-state index contributed by atoms with van der Waals surface area (Å²) in [5, 5.41) is 11.4. The fourth-order valence-corrected chi connectivity index (χ4v) is 3.19. The first-order valence-electron chi connectivity index (χ1n) is 7.58. The summed E-state index contributed by atoms with van der Waals surface area (Å²) in [6.45, 7) is -0.109. The van der Waals surface area contributed by atoms with Gasteiger partial charge in [-0.1, -0.05) is 30.3 Å². The normalized spacial score (nSPS) is 11.3. The van der Waals surface area contributed by atoms with E-state index in [0.717, 1.165) is 9.87 Å². The van der Waals surface area contributed by atoms with E-state index < -0.39 is 16.1 Å². The number of nitrogens with zero attached hydrogens (tertiary/aromatic N) is 1. The SMILES string of the molecule is CN(CCO)S(=O)(=O)c1ccc(NC(=O)OCc2ccccc2)cc1. The molecule has 0 unspecified atom stereocenters. The molecule has 134 valence electrons. The van der Waals surface area contributed by atoms with Crippen LogP contribution in [0.4, 0.5) is 10.5 Å². The van der Waals surface area contributed by atoms with Crippen molar-refractivity contribution in [1.82, 2.24) is 4.31 Å². The first-order valence-corrected chi connectivity index (χ1v) is 9.02. The standard InChI is InChI=1S/C17H20N2O5S/c1-19(11-12-20)25(22,23)16-9-7-15(8-10-16)18-17(21)24-13-14-5-3-2-4-6-14/h2-10,20H,11-13H2,1H3,(H,18,21). The molecule has 0 bridgehead atoms. The summed E-state index contributed by atoms with van der Waals surface area (Å²) in [5.41, 5.74) is 1.29. The lowest BCUT2D eigenvalue weighted by Gasteiger charge is -2.16. The van der Waals surface area contributed by atoms with Crippen molar-refractivity contribution < 1.29 is 23.1 Å². The number of aliphatic hydroxyl groups excluding tert-OH is 1. The molecule has 0 aromatic heterocycles. The van der Waals surface area contributed by atoms with Gasteiger partial charge in [0.2, 0.25) is 10.0 Å². The molecule has 2 N–H and O–H groups in total. The fourth-order valence-electron chi connectivity index (χ4n) is 2.03. The van der Waals surface area contributed by atoms with Gasteiger partial charge in [-0.25, -0.2) is 13.2 Å². The van der Waals surface area contributed by atoms with E-state index >= 15 is 0 Å². The van der Waals surface area contributed by atoms with E-state index in [0.29, 0.717) is 5.69 Å². The third-order valence-electron chi connectivity index (χ3n) is 3.44. The summed E-state index contributed by atoms with van der Waals surface area (Å²) in [6, 6.07) is 15.0. The molecule has 0 saturated heterocycles. The lowest BCUT2D eigenvalue weighted by Crippen LogP contribution is -2.29. The highest BCUT2D eigenvalue weighted by atomic mass is 32.2. The van der Waals surface area contributed by atoms with Crippen LogP contribution >= 0.6 is 0 Å². The topological polar surface area (TPSA) is 95.9 Å². The molecule has 0 saturated carbocycles. The highest BCUT2D eigenvalue weighted by Crippen LogP contribution is 2.17. The van der Waals surface area contributed by atoms with Crippen molar-refractivity contribution in [3.05, 3.63) is 60.2 Å². The van der Waals surface area contributed by atoms with Crippen LogP contribution in [-0.2, 0) is 21.4 Å². The molecule has 2 aromatic carbocycles. The van der Waals surface area contributed by atoms with Gasteiger partial charge in [0.25, 0.3) is 0 Å². The number of benzene rings is 2. The molecule has 0 aliphatic carbocycles. The van der Waals surface area contributed by atoms with E-state index in [-0.39, 0.29) is 24.7 Å². The number of rotatable bonds is 7. The minimum Gasteiger partial charge on any atom is -0.444 e. The highest BCUT2D eigenvalue weighted by molar-refractivity contribution is 7.89. The summed E-state index contributed by atoms with van der Waals surface area (Å²) < 4.78 is 30.6. The van der Waals surface area contributed by atoms with E-state index in [4.69, 9.17) is 9.84 Å². The number of hydrogen-bond donors (Lipinski definition) is 2. The second-order valence-corrected chi connectivity index (χ2v) is 7.31. The number of amides is 1. The minimum absolute atomic E-state index is 0.00808. The molecule has 7 nitrogen and oxygen atoms in total. The van der Waals surface area contributed by atoms with Crippen molar-refractivity contribution in [2.45, 2.75) is 11.5 Å². The molecule has 2 aromatic rings. The van der Waals surface area contributed by atoms with E-state index in [1.165, 1.54) is 31.3 Å². The summed E-state index contributed by atoms with van der Waals surface area (Å²) in [7, 11) is -2.28. The van der Waals surface area contributed by atoms with Crippen LogP contribution in [-0.4, -0.2) is 44.1 Å². The van der Waals surface area contributed by atoms with Gasteiger partial charge in [0.05, 0.1) is 11.5 Å². The average Bonchev–Trinajstić information content (AvgIpc) is 2.61. The Morgan fingerprint density at radius 1 is 1.12 bits per heavy atom. The maximum atomic E-state index is 12.2. The molecule has 2 rings (SSSR count). The number of hydrogen-bond acceptors (Lipinski definition) is 5. The van der Waals surface area contributed by atoms with Crippen LogP contribution in [0, 0.1) is 0 Å². The molecular weight excluding hydrogens is 344 g/mol. The molecule has 0 aliphatic rings. The number of ether oxygens (including phenoxy) is 1. The highest BCUT2D eigenvalue weighted by Gasteiger charge is 2.20. The van der Waals surface area contributed by atoms with Crippen LogP contribution < -0.4 is 5.32 Å². The molecule has 0 atom stereocenters. The van der Waals surface area contributed by atoms with Crippen molar-refractivity contribution in [3.63, 3.8) is 0 Å². The van der Waals surface area contributed by atoms with Crippen LogP contribution in [0.5, 0.6) is 0 Å². The minimum atomic E-state index is -3.66. The second kappa shape index (κ2) is 8.61. The monoisotopic (exact) mass is 364 g/mol. The molecule has 0 spiro atoms. The lowest BCUT2D eigenvalue weighted by molar-refractivity contribution is 0.155. The Kier molecular flexibility index (Phi) is 6.51. The maximum absolute atomic E-state index is 12.2. The molecule has 25 heavy (non-hydrogen) atoms. The lowest BCUT2D eigenvalue weighted by atomic mass is 10.2. The predicted molar refractivity (Wildman–Crippen MR) is 93.6 cm³/mol. The Balaban J connectivity index is 1.94. The van der Waals surface area contributed by atoms with Crippen LogP contribution in [0.3, 0.4) is 0 Å². The molecule has 8 heteroatoms. The molecule has 1 amide bonds. The number of carbonyl (C=O) groups excluding carboxylic acids is 1. The first kappa shape index (κ1) is 18.9. The first-order chi connectivity index (χ1) is 11.9. The zero-order valence-electron chi connectivity index (χ0n) is 13.8. The van der Waals surface area contributed by atoms with Crippen molar-refractivity contribution in [1.29, 1.82) is 0 Å². The maximum Gasteiger partial charge on any atom is 0.411 e. The summed E-state index contributed by atoms with van der Waals surface area (Å²) in [5.74, 6) is 0. The zero-order chi connectivity index (χ0) is 18.3. The summed E-state index contributed by atoms with van der Waals surface area (Å²) >= 11 is 0. The van der Waals surface area contributed by atoms with Crippen molar-refractivity contribution in [3.8, 4) is 0 Å². The number of likely N-dealkylation sites (N-methyl/N-ethyl adjacent to an activating group) is 1. The van der Waals surface area contributed by atoms with Gasteiger partial charge in [-0.3, -0.25) is 5.32 Å². The number of anilines is 1. The smallest absolute Gasteiger partial charge is 0.411 e. The number of aliphatic hydroxyl groups is 1. The van der Waals surface area contributed by atoms with Crippen LogP contribution in [0.25, 0.3) is 0 Å². The number of sulfonamides is 1. The Morgan fingerprint density at radius 2 is 1.76 bits per heavy atom. The third kappa shape index (κ3) is 5.28. The summed E-state index contributed by atoms with van der Waals surface area (Å²) in [6.07, 6.45) is -0.628. The van der Waals surface area contributed by atoms with Crippen LogP contribution in [0.15, 0.2) is 59.5 Å². The van der Waals surface area contributed by atoms with Gasteiger partial charge in [0, 0.05) is 19.3 Å². The van der Waals surface area contributed by atoms with Crippen molar-refractivity contribution in [2.24, 2.45) is 0 Å². The molecule has 0 fully saturated rings. The van der Waals surface area contributed by atoms with E-state index in [9.17, 15) is 13.2 Å². The van der Waals surface area contributed by atoms with E-state index in [2.05, 4.69) is 5.32 Å². The average molecular weight is 364 g/mol. The third-order valence-corrected chi connectivity index (χ3v) is 5.31. The predicted octanol–water partition coefficient (Wildman–Crippen LogP) is 2.05. The Labute approximate surface area is 146 Å². The molecule has 0 heterocycles. The largest absolute Gasteiger partial charge is 0.444 e. The molecule has 0 aliphatic heterocycles. The van der Waals surface area contributed by atoms with Crippen LogP contribution in [0.1, 0.15) is 5.56 Å². The van der Waals surface area contributed by atoms with Gasteiger partial charge < -0.3 is 9.84 Å². The van der Waals surface area contributed by atoms with Gasteiger partial charge in [-0.15, -0.1) is 0 Å². The molecule has 0 radical (unpaired) electrons. The van der Waals surface area contributed by atoms with Gasteiger partial charge in [-0.2, -0.15) is 4.31 Å². The number of nitrogens with one attached hydrogen (secondary N) is 1. The fraction of sp³-hybridized carbons (Fsp3) is 0.235. The van der Waals surface area contributed by atoms with Gasteiger partial charge >= 0.3 is 6.09 Å². The van der Waals surface area contributed by atoms with Crippen molar-refractivity contribution in [2.75, 3.05) is 25.5 Å². The Bertz CT molecular complexity index is 792.